The van der Waals surface area contributed by atoms with Crippen molar-refractivity contribution in [2.75, 3.05) is 0 Å². The minimum absolute atomic E-state index is 0.0319. The van der Waals surface area contributed by atoms with Gasteiger partial charge in [-0.15, -0.1) is 11.3 Å². The van der Waals surface area contributed by atoms with Crippen LogP contribution in [0.3, 0.4) is 0 Å². The van der Waals surface area contributed by atoms with Crippen molar-refractivity contribution in [1.82, 2.24) is 14.3 Å². The van der Waals surface area contributed by atoms with Gasteiger partial charge in [0, 0.05) is 41.8 Å². The zero-order chi connectivity index (χ0) is 19.5. The second kappa shape index (κ2) is 8.27. The standard InChI is InChI=1S/C22H20ClN3OS/c1-16-12-26-21(27)11-20(24-22(26)28-16)15-25(13-17-5-3-2-4-6-17)14-18-7-9-19(23)10-8-18/h2-12H,13-15H2,1H3. The minimum atomic E-state index is -0.0319. The average Bonchev–Trinajstić information content (AvgIpc) is 3.05. The van der Waals surface area contributed by atoms with Gasteiger partial charge in [-0.25, -0.2) is 4.98 Å². The first kappa shape index (κ1) is 18.9. The number of halogens is 1. The number of aryl methyl sites for hydroxylation is 1. The fraction of sp³-hybridized carbons (Fsp3) is 0.182. The van der Waals surface area contributed by atoms with E-state index >= 15 is 0 Å². The number of fused-ring (bicyclic) bond motifs is 1. The molecule has 4 rings (SSSR count). The summed E-state index contributed by atoms with van der Waals surface area (Å²) in [5.41, 5.74) is 3.15. The molecule has 0 aliphatic heterocycles. The summed E-state index contributed by atoms with van der Waals surface area (Å²) in [5, 5.41) is 0.728. The third kappa shape index (κ3) is 4.50. The lowest BCUT2D eigenvalue weighted by Gasteiger charge is -2.22. The fourth-order valence-corrected chi connectivity index (χ4v) is 4.20. The molecule has 0 radical (unpaired) electrons. The Hall–Kier alpha value is -2.47. The average molecular weight is 410 g/mol. The largest absolute Gasteiger partial charge is 0.289 e. The van der Waals surface area contributed by atoms with Gasteiger partial charge in [0.05, 0.1) is 5.69 Å². The Labute approximate surface area is 172 Å². The van der Waals surface area contributed by atoms with Gasteiger partial charge in [-0.1, -0.05) is 54.1 Å². The molecule has 2 aromatic heterocycles. The predicted molar refractivity (Wildman–Crippen MR) is 115 cm³/mol. The molecule has 0 saturated heterocycles. The van der Waals surface area contributed by atoms with E-state index in [9.17, 15) is 4.79 Å². The first-order chi connectivity index (χ1) is 13.6. The summed E-state index contributed by atoms with van der Waals surface area (Å²) >= 11 is 7.56. The zero-order valence-electron chi connectivity index (χ0n) is 15.5. The lowest BCUT2D eigenvalue weighted by atomic mass is 10.1. The third-order valence-electron chi connectivity index (χ3n) is 4.49. The Morgan fingerprint density at radius 2 is 1.68 bits per heavy atom. The summed E-state index contributed by atoms with van der Waals surface area (Å²) in [4.78, 5) is 21.3. The highest BCUT2D eigenvalue weighted by Crippen LogP contribution is 2.17. The Bertz CT molecular complexity index is 1140. The number of hydrogen-bond acceptors (Lipinski definition) is 4. The first-order valence-corrected chi connectivity index (χ1v) is 10.3. The molecule has 0 aliphatic rings. The van der Waals surface area contributed by atoms with Crippen LogP contribution in [-0.2, 0) is 19.6 Å². The normalized spacial score (nSPS) is 11.4. The van der Waals surface area contributed by atoms with Crippen LogP contribution >= 0.6 is 22.9 Å². The second-order valence-electron chi connectivity index (χ2n) is 6.84. The minimum Gasteiger partial charge on any atom is -0.289 e. The molecule has 0 bridgehead atoms. The highest BCUT2D eigenvalue weighted by atomic mass is 35.5. The van der Waals surface area contributed by atoms with E-state index in [0.29, 0.717) is 6.54 Å². The van der Waals surface area contributed by atoms with E-state index in [-0.39, 0.29) is 5.56 Å². The van der Waals surface area contributed by atoms with E-state index in [2.05, 4.69) is 17.0 Å². The summed E-state index contributed by atoms with van der Waals surface area (Å²) in [6.07, 6.45) is 1.84. The SMILES string of the molecule is Cc1cn2c(=O)cc(CN(Cc3ccccc3)Cc3ccc(Cl)cc3)nc2s1. The van der Waals surface area contributed by atoms with Crippen LogP contribution in [0.2, 0.25) is 5.02 Å². The molecule has 4 nitrogen and oxygen atoms in total. The summed E-state index contributed by atoms with van der Waals surface area (Å²) in [7, 11) is 0. The molecule has 0 fully saturated rings. The van der Waals surface area contributed by atoms with Crippen LogP contribution in [0, 0.1) is 6.92 Å². The van der Waals surface area contributed by atoms with Crippen LogP contribution < -0.4 is 5.56 Å². The molecule has 0 unspecified atom stereocenters. The van der Waals surface area contributed by atoms with Crippen LogP contribution in [0.15, 0.2) is 71.7 Å². The molecule has 4 aromatic rings. The van der Waals surface area contributed by atoms with E-state index < -0.39 is 0 Å². The Balaban J connectivity index is 1.62. The van der Waals surface area contributed by atoms with Crippen molar-refractivity contribution in [3.8, 4) is 0 Å². The van der Waals surface area contributed by atoms with Gasteiger partial charge in [0.2, 0.25) is 0 Å². The van der Waals surface area contributed by atoms with Crippen molar-refractivity contribution in [3.05, 3.63) is 104 Å². The lowest BCUT2D eigenvalue weighted by molar-refractivity contribution is 0.245. The molecule has 0 spiro atoms. The quantitative estimate of drug-likeness (QED) is 0.453. The van der Waals surface area contributed by atoms with Crippen molar-refractivity contribution >= 4 is 27.9 Å². The van der Waals surface area contributed by atoms with Crippen molar-refractivity contribution in [2.24, 2.45) is 0 Å². The van der Waals surface area contributed by atoms with Crippen molar-refractivity contribution in [1.29, 1.82) is 0 Å². The van der Waals surface area contributed by atoms with Crippen LogP contribution in [0.5, 0.6) is 0 Å². The van der Waals surface area contributed by atoms with Crippen molar-refractivity contribution in [3.63, 3.8) is 0 Å². The number of thiazole rings is 1. The van der Waals surface area contributed by atoms with Gasteiger partial charge in [-0.2, -0.15) is 0 Å². The van der Waals surface area contributed by atoms with E-state index in [1.807, 2.05) is 55.6 Å². The molecule has 0 N–H and O–H groups in total. The smallest absolute Gasteiger partial charge is 0.258 e. The molecule has 6 heteroatoms. The Morgan fingerprint density at radius 3 is 2.39 bits per heavy atom. The maximum absolute atomic E-state index is 12.4. The topological polar surface area (TPSA) is 37.6 Å². The number of aromatic nitrogens is 2. The molecule has 28 heavy (non-hydrogen) atoms. The number of benzene rings is 2. The summed E-state index contributed by atoms with van der Waals surface area (Å²) in [6.45, 7) is 4.10. The molecular weight excluding hydrogens is 390 g/mol. The summed E-state index contributed by atoms with van der Waals surface area (Å²) < 4.78 is 1.62. The van der Waals surface area contributed by atoms with E-state index in [1.54, 1.807) is 10.5 Å². The van der Waals surface area contributed by atoms with Gasteiger partial charge in [0.15, 0.2) is 4.96 Å². The Morgan fingerprint density at radius 1 is 1.00 bits per heavy atom. The predicted octanol–water partition coefficient (Wildman–Crippen LogP) is 4.92. The first-order valence-electron chi connectivity index (χ1n) is 9.06. The summed E-state index contributed by atoms with van der Waals surface area (Å²) in [5.74, 6) is 0. The van der Waals surface area contributed by atoms with Gasteiger partial charge in [0.1, 0.15) is 0 Å². The second-order valence-corrected chi connectivity index (χ2v) is 8.49. The van der Waals surface area contributed by atoms with E-state index in [4.69, 9.17) is 16.6 Å². The van der Waals surface area contributed by atoms with Gasteiger partial charge >= 0.3 is 0 Å². The monoisotopic (exact) mass is 409 g/mol. The van der Waals surface area contributed by atoms with Gasteiger partial charge in [0.25, 0.3) is 5.56 Å². The fourth-order valence-electron chi connectivity index (χ4n) is 3.23. The van der Waals surface area contributed by atoms with E-state index in [0.717, 1.165) is 33.6 Å². The molecule has 0 saturated carbocycles. The highest BCUT2D eigenvalue weighted by Gasteiger charge is 2.12. The number of rotatable bonds is 6. The maximum atomic E-state index is 12.4. The summed E-state index contributed by atoms with van der Waals surface area (Å²) in [6, 6.07) is 19.9. The van der Waals surface area contributed by atoms with Gasteiger partial charge in [-0.05, 0) is 30.2 Å². The Kier molecular flexibility index (Phi) is 5.57. The number of nitrogens with zero attached hydrogens (tertiary/aromatic N) is 3. The molecular formula is C22H20ClN3OS. The molecule has 0 aliphatic carbocycles. The van der Waals surface area contributed by atoms with Crippen LogP contribution in [-0.4, -0.2) is 14.3 Å². The lowest BCUT2D eigenvalue weighted by Crippen LogP contribution is -2.24. The van der Waals surface area contributed by atoms with Crippen molar-refractivity contribution < 1.29 is 0 Å². The van der Waals surface area contributed by atoms with Gasteiger partial charge < -0.3 is 0 Å². The zero-order valence-corrected chi connectivity index (χ0v) is 17.1. The molecule has 0 atom stereocenters. The van der Waals surface area contributed by atoms with Crippen LogP contribution in [0.1, 0.15) is 21.7 Å². The highest BCUT2D eigenvalue weighted by molar-refractivity contribution is 7.16. The number of hydrogen-bond donors (Lipinski definition) is 0. The molecule has 0 amide bonds. The molecule has 2 aromatic carbocycles. The van der Waals surface area contributed by atoms with Crippen LogP contribution in [0.4, 0.5) is 0 Å². The van der Waals surface area contributed by atoms with Gasteiger partial charge in [-0.3, -0.25) is 14.1 Å². The van der Waals surface area contributed by atoms with Crippen LogP contribution in [0.25, 0.3) is 4.96 Å². The van der Waals surface area contributed by atoms with E-state index in [1.165, 1.54) is 22.5 Å². The third-order valence-corrected chi connectivity index (χ3v) is 5.64. The van der Waals surface area contributed by atoms with Crippen molar-refractivity contribution in [2.45, 2.75) is 26.6 Å². The molecule has 2 heterocycles. The molecule has 142 valence electrons. The maximum Gasteiger partial charge on any atom is 0.258 e.